The first-order valence-electron chi connectivity index (χ1n) is 6.15. The van der Waals surface area contributed by atoms with Gasteiger partial charge in [0.25, 0.3) is 5.91 Å². The summed E-state index contributed by atoms with van der Waals surface area (Å²) in [6, 6.07) is 10.1. The van der Waals surface area contributed by atoms with Crippen molar-refractivity contribution in [2.45, 2.75) is 6.92 Å². The Kier molecular flexibility index (Phi) is 3.93. The summed E-state index contributed by atoms with van der Waals surface area (Å²) in [5.74, 6) is -0.733. The van der Waals surface area contributed by atoms with Gasteiger partial charge in [-0.3, -0.25) is 9.69 Å². The van der Waals surface area contributed by atoms with E-state index in [0.29, 0.717) is 9.23 Å². The van der Waals surface area contributed by atoms with Crippen LogP contribution in [0.1, 0.15) is 9.75 Å². The Labute approximate surface area is 135 Å². The number of amides is 1. The van der Waals surface area contributed by atoms with Crippen molar-refractivity contribution in [1.29, 1.82) is 0 Å². The molecule has 1 aromatic heterocycles. The topological polar surface area (TPSA) is 20.3 Å². The molecule has 6 heteroatoms. The third kappa shape index (κ3) is 2.79. The van der Waals surface area contributed by atoms with Gasteiger partial charge >= 0.3 is 0 Å². The van der Waals surface area contributed by atoms with Crippen molar-refractivity contribution < 1.29 is 9.18 Å². The number of carbonyl (C=O) groups is 1. The molecule has 0 radical (unpaired) electrons. The monoisotopic (exact) mass is 335 g/mol. The molecule has 0 atom stereocenters. The highest BCUT2D eigenvalue weighted by atomic mass is 32.2. The Bertz CT molecular complexity index is 766. The molecule has 106 valence electrons. The quantitative estimate of drug-likeness (QED) is 0.591. The Morgan fingerprint density at radius 1 is 1.24 bits per heavy atom. The van der Waals surface area contributed by atoms with Crippen LogP contribution in [0.2, 0.25) is 0 Å². The number of anilines is 1. The van der Waals surface area contributed by atoms with Crippen LogP contribution in [0.5, 0.6) is 0 Å². The zero-order valence-corrected chi connectivity index (χ0v) is 13.4. The maximum atomic E-state index is 13.9. The van der Waals surface area contributed by atoms with Crippen molar-refractivity contribution in [3.63, 3.8) is 0 Å². The Balaban J connectivity index is 1.96. The van der Waals surface area contributed by atoms with Gasteiger partial charge in [-0.2, -0.15) is 0 Å². The van der Waals surface area contributed by atoms with Crippen molar-refractivity contribution in [2.24, 2.45) is 0 Å². The highest BCUT2D eigenvalue weighted by molar-refractivity contribution is 8.27. The lowest BCUT2D eigenvalue weighted by atomic mass is 10.2. The van der Waals surface area contributed by atoms with E-state index < -0.39 is 5.82 Å². The lowest BCUT2D eigenvalue weighted by molar-refractivity contribution is -0.113. The summed E-state index contributed by atoms with van der Waals surface area (Å²) in [5, 5.41) is 0. The zero-order valence-electron chi connectivity index (χ0n) is 11.0. The minimum atomic E-state index is -0.456. The fourth-order valence-electron chi connectivity index (χ4n) is 1.97. The normalized spacial score (nSPS) is 17.0. The number of benzene rings is 1. The molecule has 3 rings (SSSR count). The Morgan fingerprint density at radius 3 is 2.67 bits per heavy atom. The van der Waals surface area contributed by atoms with Crippen LogP contribution < -0.4 is 4.90 Å². The van der Waals surface area contributed by atoms with E-state index in [-0.39, 0.29) is 11.6 Å². The molecule has 0 spiro atoms. The van der Waals surface area contributed by atoms with E-state index in [1.807, 2.05) is 19.1 Å². The highest BCUT2D eigenvalue weighted by Gasteiger charge is 2.34. The second kappa shape index (κ2) is 5.71. The number of carbonyl (C=O) groups excluding carboxylic acids is 1. The molecular weight excluding hydrogens is 325 g/mol. The van der Waals surface area contributed by atoms with Gasteiger partial charge < -0.3 is 0 Å². The van der Waals surface area contributed by atoms with E-state index in [2.05, 4.69) is 0 Å². The van der Waals surface area contributed by atoms with E-state index in [1.54, 1.807) is 35.6 Å². The van der Waals surface area contributed by atoms with Crippen molar-refractivity contribution >= 4 is 57.3 Å². The summed E-state index contributed by atoms with van der Waals surface area (Å²) in [5.41, 5.74) is 0.200. The van der Waals surface area contributed by atoms with Gasteiger partial charge in [-0.1, -0.05) is 36.1 Å². The van der Waals surface area contributed by atoms with Gasteiger partial charge in [0, 0.05) is 9.75 Å². The molecule has 1 saturated heterocycles. The third-order valence-electron chi connectivity index (χ3n) is 2.92. The average molecular weight is 335 g/mol. The van der Waals surface area contributed by atoms with Gasteiger partial charge in [-0.15, -0.1) is 11.3 Å². The zero-order chi connectivity index (χ0) is 15.0. The molecule has 2 nitrogen and oxygen atoms in total. The highest BCUT2D eigenvalue weighted by Crippen LogP contribution is 2.37. The number of halogens is 1. The summed E-state index contributed by atoms with van der Waals surface area (Å²) in [6.07, 6.45) is 1.80. The Morgan fingerprint density at radius 2 is 2.00 bits per heavy atom. The molecule has 2 aromatic rings. The second-order valence-corrected chi connectivity index (χ2v) is 7.41. The van der Waals surface area contributed by atoms with Gasteiger partial charge in [0.15, 0.2) is 4.32 Å². The van der Waals surface area contributed by atoms with Crippen molar-refractivity contribution in [2.75, 3.05) is 4.90 Å². The van der Waals surface area contributed by atoms with E-state index in [0.717, 1.165) is 4.88 Å². The predicted octanol–water partition coefficient (Wildman–Crippen LogP) is 4.60. The van der Waals surface area contributed by atoms with E-state index in [1.165, 1.54) is 27.6 Å². The van der Waals surface area contributed by atoms with Crippen molar-refractivity contribution in [3.05, 3.63) is 56.9 Å². The van der Waals surface area contributed by atoms with Gasteiger partial charge in [0.2, 0.25) is 0 Å². The first kappa shape index (κ1) is 14.4. The van der Waals surface area contributed by atoms with Gasteiger partial charge in [-0.05, 0) is 37.3 Å². The van der Waals surface area contributed by atoms with Crippen LogP contribution >= 0.6 is 35.3 Å². The minimum Gasteiger partial charge on any atom is -0.268 e. The number of thioether (sulfide) groups is 1. The van der Waals surface area contributed by atoms with Crippen LogP contribution in [0, 0.1) is 12.7 Å². The predicted molar refractivity (Wildman–Crippen MR) is 91.1 cm³/mol. The molecular formula is C15H10FNOS3. The summed E-state index contributed by atoms with van der Waals surface area (Å²) in [4.78, 5) is 16.4. The number of rotatable bonds is 2. The van der Waals surface area contributed by atoms with E-state index in [9.17, 15) is 9.18 Å². The number of para-hydroxylation sites is 1. The molecule has 0 bridgehead atoms. The number of hydrogen-bond acceptors (Lipinski definition) is 4. The maximum Gasteiger partial charge on any atom is 0.270 e. The standard InChI is InChI=1S/C15H10FNOS3/c1-9-6-7-10(20-9)8-13-14(18)17(15(19)21-13)12-5-3-2-4-11(12)16/h2-8H,1H3/b13-8-. The smallest absolute Gasteiger partial charge is 0.268 e. The van der Waals surface area contributed by atoms with Crippen LogP contribution in [-0.4, -0.2) is 10.2 Å². The first-order chi connectivity index (χ1) is 10.1. The fourth-order valence-corrected chi connectivity index (χ4v) is 4.14. The molecule has 0 unspecified atom stereocenters. The molecule has 0 saturated carbocycles. The first-order valence-corrected chi connectivity index (χ1v) is 8.19. The molecule has 1 aliphatic heterocycles. The Hall–Kier alpha value is -1.50. The molecule has 2 heterocycles. The number of thiocarbonyl (C=S) groups is 1. The number of thiophene rings is 1. The van der Waals surface area contributed by atoms with Crippen LogP contribution in [0.15, 0.2) is 41.3 Å². The van der Waals surface area contributed by atoms with Gasteiger partial charge in [-0.25, -0.2) is 4.39 Å². The number of hydrogen-bond donors (Lipinski definition) is 0. The third-order valence-corrected chi connectivity index (χ3v) is 5.17. The van der Waals surface area contributed by atoms with Crippen LogP contribution in [0.25, 0.3) is 6.08 Å². The van der Waals surface area contributed by atoms with Gasteiger partial charge in [0.05, 0.1) is 10.6 Å². The average Bonchev–Trinajstić information content (AvgIpc) is 2.96. The molecule has 1 amide bonds. The number of nitrogens with zero attached hydrogens (tertiary/aromatic N) is 1. The van der Waals surface area contributed by atoms with Crippen LogP contribution in [0.3, 0.4) is 0 Å². The summed E-state index contributed by atoms with van der Waals surface area (Å²) >= 11 is 8.02. The van der Waals surface area contributed by atoms with Crippen molar-refractivity contribution in [1.82, 2.24) is 0 Å². The number of aryl methyl sites for hydroxylation is 1. The van der Waals surface area contributed by atoms with Crippen LogP contribution in [-0.2, 0) is 4.79 Å². The molecule has 1 aliphatic rings. The van der Waals surface area contributed by atoms with E-state index in [4.69, 9.17) is 12.2 Å². The lowest BCUT2D eigenvalue weighted by Gasteiger charge is -2.14. The SMILES string of the molecule is Cc1ccc(/C=C2\SC(=S)N(c3ccccc3F)C2=O)s1. The largest absolute Gasteiger partial charge is 0.270 e. The maximum absolute atomic E-state index is 13.9. The van der Waals surface area contributed by atoms with Crippen LogP contribution in [0.4, 0.5) is 10.1 Å². The summed E-state index contributed by atoms with van der Waals surface area (Å²) < 4.78 is 14.2. The van der Waals surface area contributed by atoms with Crippen molar-refractivity contribution in [3.8, 4) is 0 Å². The fraction of sp³-hybridized carbons (Fsp3) is 0.0667. The molecule has 1 fully saturated rings. The van der Waals surface area contributed by atoms with E-state index >= 15 is 0 Å². The molecule has 1 aromatic carbocycles. The molecule has 0 aliphatic carbocycles. The minimum absolute atomic E-state index is 0.200. The summed E-state index contributed by atoms with van der Waals surface area (Å²) in [7, 11) is 0. The lowest BCUT2D eigenvalue weighted by Crippen LogP contribution is -2.28. The molecule has 0 N–H and O–H groups in total. The molecule has 21 heavy (non-hydrogen) atoms. The van der Waals surface area contributed by atoms with Gasteiger partial charge in [0.1, 0.15) is 5.82 Å². The second-order valence-electron chi connectivity index (χ2n) is 4.42. The summed E-state index contributed by atoms with van der Waals surface area (Å²) in [6.45, 7) is 2.01.